The van der Waals surface area contributed by atoms with Crippen LogP contribution >= 0.6 is 0 Å². The Balaban J connectivity index is 2.03. The summed E-state index contributed by atoms with van der Waals surface area (Å²) < 4.78 is 5.45. The van der Waals surface area contributed by atoms with Gasteiger partial charge in [0.25, 0.3) is 0 Å². The predicted molar refractivity (Wildman–Crippen MR) is 107 cm³/mol. The second-order valence-electron chi connectivity index (χ2n) is 8.64. The monoisotopic (exact) mass is 361 g/mol. The summed E-state index contributed by atoms with van der Waals surface area (Å²) in [6.45, 7) is 14.2. The number of likely N-dealkylation sites (tertiary alicyclic amines) is 1. The van der Waals surface area contributed by atoms with E-state index in [1.165, 1.54) is 0 Å². The molecule has 1 unspecified atom stereocenters. The van der Waals surface area contributed by atoms with Crippen LogP contribution in [0.4, 0.5) is 4.79 Å². The normalized spacial score (nSPS) is 18.2. The van der Waals surface area contributed by atoms with E-state index >= 15 is 0 Å². The van der Waals surface area contributed by atoms with Crippen molar-refractivity contribution in [2.45, 2.75) is 59.2 Å². The van der Waals surface area contributed by atoms with Gasteiger partial charge in [-0.2, -0.15) is 0 Å². The van der Waals surface area contributed by atoms with Gasteiger partial charge in [0.15, 0.2) is 0 Å². The van der Waals surface area contributed by atoms with Crippen LogP contribution in [0.25, 0.3) is 0 Å². The number of amides is 2. The fourth-order valence-electron chi connectivity index (χ4n) is 3.45. The molecule has 1 N–H and O–H groups in total. The Labute approximate surface area is 158 Å². The molecule has 1 aliphatic rings. The molecule has 2 amide bonds. The number of hydrogen-bond donors (Lipinski definition) is 1. The fourth-order valence-corrected chi connectivity index (χ4v) is 3.45. The molecule has 5 heteroatoms. The minimum Gasteiger partial charge on any atom is -0.496 e. The van der Waals surface area contributed by atoms with Gasteiger partial charge >= 0.3 is 6.03 Å². The average molecular weight is 362 g/mol. The standard InChI is InChI=1S/C21H35N3O2/c1-16(2)13-23(14-17-9-7-8-10-19(17)26-6)20(25)22-18-11-12-24(15-18)21(3,4)5/h7-10,16,18H,11-15H2,1-6H3,(H,22,25). The first-order chi connectivity index (χ1) is 12.2. The summed E-state index contributed by atoms with van der Waals surface area (Å²) in [5, 5.41) is 3.25. The molecule has 1 aromatic carbocycles. The summed E-state index contributed by atoms with van der Waals surface area (Å²) >= 11 is 0. The molecule has 1 aliphatic heterocycles. The predicted octanol–water partition coefficient (Wildman–Crippen LogP) is 3.74. The number of benzene rings is 1. The lowest BCUT2D eigenvalue weighted by atomic mass is 10.1. The fraction of sp³-hybridized carbons (Fsp3) is 0.667. The summed E-state index contributed by atoms with van der Waals surface area (Å²) in [7, 11) is 1.67. The van der Waals surface area contributed by atoms with Gasteiger partial charge in [-0.25, -0.2) is 4.79 Å². The third-order valence-corrected chi connectivity index (χ3v) is 4.89. The molecule has 1 atom stereocenters. The number of urea groups is 1. The molecule has 5 nitrogen and oxygen atoms in total. The number of methoxy groups -OCH3 is 1. The maximum atomic E-state index is 13.0. The van der Waals surface area contributed by atoms with Crippen molar-refractivity contribution in [1.29, 1.82) is 0 Å². The van der Waals surface area contributed by atoms with Crippen LogP contribution in [0.5, 0.6) is 5.75 Å². The van der Waals surface area contributed by atoms with Crippen LogP contribution < -0.4 is 10.1 Å². The lowest BCUT2D eigenvalue weighted by molar-refractivity contribution is 0.164. The van der Waals surface area contributed by atoms with Crippen molar-refractivity contribution < 1.29 is 9.53 Å². The van der Waals surface area contributed by atoms with Crippen molar-refractivity contribution in [1.82, 2.24) is 15.1 Å². The van der Waals surface area contributed by atoms with E-state index in [9.17, 15) is 4.79 Å². The highest BCUT2D eigenvalue weighted by Crippen LogP contribution is 2.22. The Kier molecular flexibility index (Phi) is 6.93. The van der Waals surface area contributed by atoms with Crippen molar-refractivity contribution in [2.24, 2.45) is 5.92 Å². The van der Waals surface area contributed by atoms with Crippen molar-refractivity contribution in [3.63, 3.8) is 0 Å². The summed E-state index contributed by atoms with van der Waals surface area (Å²) in [6.07, 6.45) is 1.01. The topological polar surface area (TPSA) is 44.8 Å². The molecular weight excluding hydrogens is 326 g/mol. The summed E-state index contributed by atoms with van der Waals surface area (Å²) in [5.41, 5.74) is 1.18. The van der Waals surface area contributed by atoms with E-state index in [-0.39, 0.29) is 17.6 Å². The Hall–Kier alpha value is -1.75. The average Bonchev–Trinajstić information content (AvgIpc) is 3.03. The minimum absolute atomic E-state index is 0.0189. The number of ether oxygens (including phenoxy) is 1. The molecule has 1 aromatic rings. The maximum Gasteiger partial charge on any atom is 0.317 e. The van der Waals surface area contributed by atoms with Gasteiger partial charge in [0.1, 0.15) is 5.75 Å². The van der Waals surface area contributed by atoms with Crippen LogP contribution in [0.15, 0.2) is 24.3 Å². The second kappa shape index (κ2) is 8.76. The van der Waals surface area contributed by atoms with Gasteiger partial charge in [0.05, 0.1) is 13.7 Å². The molecule has 0 spiro atoms. The van der Waals surface area contributed by atoms with Gasteiger partial charge in [-0.05, 0) is 39.2 Å². The van der Waals surface area contributed by atoms with Crippen molar-refractivity contribution in [2.75, 3.05) is 26.7 Å². The first-order valence-corrected chi connectivity index (χ1v) is 9.63. The highest BCUT2D eigenvalue weighted by atomic mass is 16.5. The number of nitrogens with one attached hydrogen (secondary N) is 1. The van der Waals surface area contributed by atoms with E-state index < -0.39 is 0 Å². The van der Waals surface area contributed by atoms with Crippen LogP contribution in [-0.4, -0.2) is 54.2 Å². The molecular formula is C21H35N3O2. The summed E-state index contributed by atoms with van der Waals surface area (Å²) in [4.78, 5) is 17.3. The van der Waals surface area contributed by atoms with Gasteiger partial charge in [0.2, 0.25) is 0 Å². The zero-order valence-corrected chi connectivity index (χ0v) is 17.2. The van der Waals surface area contributed by atoms with Crippen LogP contribution in [-0.2, 0) is 6.54 Å². The number of hydrogen-bond acceptors (Lipinski definition) is 3. The lowest BCUT2D eigenvalue weighted by Crippen LogP contribution is -2.48. The smallest absolute Gasteiger partial charge is 0.317 e. The molecule has 0 aromatic heterocycles. The molecule has 0 aliphatic carbocycles. The van der Waals surface area contributed by atoms with Crippen molar-refractivity contribution in [3.05, 3.63) is 29.8 Å². The molecule has 1 heterocycles. The largest absolute Gasteiger partial charge is 0.496 e. The van der Waals surface area contributed by atoms with Gasteiger partial charge in [0, 0.05) is 36.8 Å². The molecule has 1 saturated heterocycles. The number of rotatable bonds is 6. The van der Waals surface area contributed by atoms with E-state index in [0.717, 1.165) is 37.4 Å². The SMILES string of the molecule is COc1ccccc1CN(CC(C)C)C(=O)NC1CCN(C(C)(C)C)C1. The van der Waals surface area contributed by atoms with Gasteiger partial charge in [-0.3, -0.25) is 4.90 Å². The van der Waals surface area contributed by atoms with E-state index in [4.69, 9.17) is 4.74 Å². The summed E-state index contributed by atoms with van der Waals surface area (Å²) in [5.74, 6) is 1.24. The molecule has 2 rings (SSSR count). The van der Waals surface area contributed by atoms with E-state index in [2.05, 4.69) is 44.8 Å². The Bertz CT molecular complexity index is 595. The van der Waals surface area contributed by atoms with Gasteiger partial charge < -0.3 is 15.0 Å². The quantitative estimate of drug-likeness (QED) is 0.839. The number of para-hydroxylation sites is 1. The highest BCUT2D eigenvalue weighted by molar-refractivity contribution is 5.74. The number of carbonyl (C=O) groups is 1. The lowest BCUT2D eigenvalue weighted by Gasteiger charge is -2.32. The molecule has 1 fully saturated rings. The zero-order valence-electron chi connectivity index (χ0n) is 17.2. The Morgan fingerprint density at radius 2 is 2.04 bits per heavy atom. The van der Waals surface area contributed by atoms with Crippen LogP contribution in [0.1, 0.15) is 46.6 Å². The van der Waals surface area contributed by atoms with Crippen LogP contribution in [0.2, 0.25) is 0 Å². The third kappa shape index (κ3) is 5.63. The number of nitrogens with zero attached hydrogens (tertiary/aromatic N) is 2. The zero-order chi connectivity index (χ0) is 19.3. The van der Waals surface area contributed by atoms with Crippen molar-refractivity contribution >= 4 is 6.03 Å². The molecule has 146 valence electrons. The number of carbonyl (C=O) groups excluding carboxylic acids is 1. The third-order valence-electron chi connectivity index (χ3n) is 4.89. The molecule has 26 heavy (non-hydrogen) atoms. The van der Waals surface area contributed by atoms with E-state index in [1.54, 1.807) is 7.11 Å². The second-order valence-corrected chi connectivity index (χ2v) is 8.64. The first kappa shape index (κ1) is 20.6. The van der Waals surface area contributed by atoms with Crippen molar-refractivity contribution in [3.8, 4) is 5.75 Å². The van der Waals surface area contributed by atoms with E-state index in [1.807, 2.05) is 29.2 Å². The van der Waals surface area contributed by atoms with Crippen LogP contribution in [0, 0.1) is 5.92 Å². The highest BCUT2D eigenvalue weighted by Gasteiger charge is 2.31. The van der Waals surface area contributed by atoms with Gasteiger partial charge in [-0.15, -0.1) is 0 Å². The minimum atomic E-state index is 0.0189. The first-order valence-electron chi connectivity index (χ1n) is 9.63. The molecule has 0 saturated carbocycles. The van der Waals surface area contributed by atoms with Gasteiger partial charge in [-0.1, -0.05) is 32.0 Å². The molecule has 0 bridgehead atoms. The van der Waals surface area contributed by atoms with Crippen LogP contribution in [0.3, 0.4) is 0 Å². The Morgan fingerprint density at radius 3 is 2.62 bits per heavy atom. The molecule has 0 radical (unpaired) electrons. The maximum absolute atomic E-state index is 13.0. The Morgan fingerprint density at radius 1 is 1.35 bits per heavy atom. The van der Waals surface area contributed by atoms with E-state index in [0.29, 0.717) is 12.5 Å². The summed E-state index contributed by atoms with van der Waals surface area (Å²) in [6, 6.07) is 8.14.